The van der Waals surface area contributed by atoms with Crippen LogP contribution in [0.4, 0.5) is 0 Å². The van der Waals surface area contributed by atoms with Crippen LogP contribution in [0.2, 0.25) is 0 Å². The van der Waals surface area contributed by atoms with Gasteiger partial charge in [-0.25, -0.2) is 25.3 Å². The van der Waals surface area contributed by atoms with Gasteiger partial charge in [-0.2, -0.15) is 0 Å². The molecular formula is C67H86O8S3. The molecule has 3 heterocycles. The molecule has 0 spiro atoms. The lowest BCUT2D eigenvalue weighted by Crippen LogP contribution is -2.42. The first kappa shape index (κ1) is 60.7. The number of fused-ring (bicyclic) bond motifs is 3. The number of aliphatic hydroxyl groups is 2. The van der Waals surface area contributed by atoms with E-state index in [1.165, 1.54) is 5.56 Å². The van der Waals surface area contributed by atoms with Gasteiger partial charge in [0.25, 0.3) is 0 Å². The molecule has 0 saturated heterocycles. The van der Waals surface area contributed by atoms with Crippen LogP contribution in [-0.2, 0) is 29.5 Å². The first-order chi connectivity index (χ1) is 37.3. The molecule has 8 nitrogen and oxygen atoms in total. The van der Waals surface area contributed by atoms with Crippen molar-refractivity contribution in [2.24, 2.45) is 22.2 Å². The van der Waals surface area contributed by atoms with Gasteiger partial charge in [0.05, 0.1) is 44.2 Å². The van der Waals surface area contributed by atoms with E-state index >= 15 is 0 Å². The Bertz CT molecular complexity index is 2880. The molecule has 420 valence electrons. The van der Waals surface area contributed by atoms with Crippen molar-refractivity contribution in [2.75, 3.05) is 17.3 Å². The Morgan fingerprint density at radius 2 is 0.628 bits per heavy atom. The van der Waals surface area contributed by atoms with Crippen LogP contribution in [0.1, 0.15) is 177 Å². The normalized spacial score (nSPS) is 27.5. The minimum atomic E-state index is -3.46. The topological polar surface area (TPSA) is 143 Å². The highest BCUT2D eigenvalue weighted by Crippen LogP contribution is 2.53. The number of unbranched alkanes of at least 4 members (excludes halogenated alkanes) is 3. The molecule has 0 saturated carbocycles. The fourth-order valence-electron chi connectivity index (χ4n) is 13.5. The predicted octanol–water partition coefficient (Wildman–Crippen LogP) is 14.9. The standard InChI is InChI=1S/C23H30O2S.2C22H28O3S/c1-4-6-16-23(5-2)17-26(24,25)21-15-11-10-14-20(21)22(18(23)3)19-12-8-7-9-13-19;2*1-3-5-15-22(4-2)16-26(24,25)19-14-10-9-13-18(19)20(21(22)23)17-11-7-6-8-12-17/h7-15,18,22H,4-6,16-17H2,1-3H3;2*6-14,20-21,23H,3-5,15-16H2,1-2H3/t18-,22-,23+;20?,21-,22+;20-,21+,22+/m000/s1. The van der Waals surface area contributed by atoms with Crippen LogP contribution in [0.5, 0.6) is 0 Å². The van der Waals surface area contributed by atoms with E-state index in [1.54, 1.807) is 30.3 Å². The van der Waals surface area contributed by atoms with Crippen molar-refractivity contribution in [2.45, 2.75) is 170 Å². The molecule has 6 aromatic rings. The predicted molar refractivity (Wildman–Crippen MR) is 318 cm³/mol. The summed E-state index contributed by atoms with van der Waals surface area (Å²) in [6.45, 7) is 14.8. The van der Waals surface area contributed by atoms with Crippen LogP contribution in [0, 0.1) is 22.2 Å². The van der Waals surface area contributed by atoms with E-state index in [1.807, 2.05) is 123 Å². The number of aliphatic hydroxyl groups excluding tert-OH is 2. The fourth-order valence-corrected chi connectivity index (χ4v) is 20.4. The molecule has 6 aromatic carbocycles. The average molecular weight is 1120 g/mol. The zero-order valence-electron chi connectivity index (χ0n) is 47.2. The van der Waals surface area contributed by atoms with E-state index in [4.69, 9.17) is 0 Å². The van der Waals surface area contributed by atoms with Crippen LogP contribution in [-0.4, -0.2) is 64.9 Å². The van der Waals surface area contributed by atoms with E-state index in [0.29, 0.717) is 27.5 Å². The third kappa shape index (κ3) is 12.7. The Morgan fingerprint density at radius 1 is 0.372 bits per heavy atom. The molecule has 9 atom stereocenters. The van der Waals surface area contributed by atoms with Gasteiger partial charge >= 0.3 is 0 Å². The lowest BCUT2D eigenvalue weighted by atomic mass is 9.64. The maximum Gasteiger partial charge on any atom is 0.179 e. The second-order valence-corrected chi connectivity index (χ2v) is 28.6. The monoisotopic (exact) mass is 1110 g/mol. The van der Waals surface area contributed by atoms with E-state index < -0.39 is 52.5 Å². The molecule has 3 aliphatic heterocycles. The Balaban J connectivity index is 0.000000170. The van der Waals surface area contributed by atoms with Crippen molar-refractivity contribution in [1.29, 1.82) is 0 Å². The average Bonchev–Trinajstić information content (AvgIpc) is 3.86. The Morgan fingerprint density at radius 3 is 0.936 bits per heavy atom. The zero-order chi connectivity index (χ0) is 56.4. The van der Waals surface area contributed by atoms with Gasteiger partial charge in [0, 0.05) is 28.6 Å². The van der Waals surface area contributed by atoms with E-state index in [0.717, 1.165) is 92.0 Å². The summed E-state index contributed by atoms with van der Waals surface area (Å²) in [5.41, 5.74) is 4.13. The van der Waals surface area contributed by atoms with E-state index in [-0.39, 0.29) is 46.3 Å². The summed E-state index contributed by atoms with van der Waals surface area (Å²) in [6, 6.07) is 52.1. The maximum atomic E-state index is 13.4. The molecule has 0 aromatic heterocycles. The minimum absolute atomic E-state index is 0.0119. The lowest BCUT2D eigenvalue weighted by molar-refractivity contribution is 0.0173. The van der Waals surface area contributed by atoms with Crippen molar-refractivity contribution >= 4 is 29.5 Å². The molecular weight excluding hydrogens is 1030 g/mol. The SMILES string of the molecule is CCCC[C@]1(CC)CS(=O)(=O)c2ccccc2C(c2ccccc2)[C@@H]1O.CCCC[C@]1(CC)CS(=O)(=O)c2ccccc2[C@H](c2ccccc2)[C@@H]1C.CCCC[C@]1(CC)CS(=O)(=O)c2ccccc2[C@H](c2ccccc2)[C@H]1O. The Hall–Kier alpha value is -4.91. The largest absolute Gasteiger partial charge is 0.392 e. The first-order valence-corrected chi connectivity index (χ1v) is 33.8. The van der Waals surface area contributed by atoms with Crippen LogP contribution in [0.25, 0.3) is 0 Å². The van der Waals surface area contributed by atoms with Crippen molar-refractivity contribution < 1.29 is 35.5 Å². The van der Waals surface area contributed by atoms with Gasteiger partial charge in [-0.05, 0) is 101 Å². The molecule has 0 amide bonds. The first-order valence-electron chi connectivity index (χ1n) is 28.8. The number of benzene rings is 6. The molecule has 2 N–H and O–H groups in total. The van der Waals surface area contributed by atoms with Gasteiger partial charge in [0.15, 0.2) is 29.5 Å². The van der Waals surface area contributed by atoms with Crippen LogP contribution >= 0.6 is 0 Å². The zero-order valence-corrected chi connectivity index (χ0v) is 49.7. The summed E-state index contributed by atoms with van der Waals surface area (Å²) in [6.07, 6.45) is 9.08. The van der Waals surface area contributed by atoms with Gasteiger partial charge < -0.3 is 10.2 Å². The summed E-state index contributed by atoms with van der Waals surface area (Å²) >= 11 is 0. The second kappa shape index (κ2) is 26.1. The molecule has 0 aliphatic carbocycles. The summed E-state index contributed by atoms with van der Waals surface area (Å²) < 4.78 is 79.7. The lowest BCUT2D eigenvalue weighted by Gasteiger charge is -2.41. The minimum Gasteiger partial charge on any atom is -0.392 e. The molecule has 78 heavy (non-hydrogen) atoms. The Kier molecular flexibility index (Phi) is 20.3. The maximum absolute atomic E-state index is 13.4. The van der Waals surface area contributed by atoms with E-state index in [2.05, 4.69) is 58.9 Å². The summed E-state index contributed by atoms with van der Waals surface area (Å²) in [4.78, 5) is 1.28. The van der Waals surface area contributed by atoms with Crippen LogP contribution < -0.4 is 0 Å². The van der Waals surface area contributed by atoms with Crippen molar-refractivity contribution in [1.82, 2.24) is 0 Å². The summed E-state index contributed by atoms with van der Waals surface area (Å²) in [7, 11) is -10.2. The molecule has 9 rings (SSSR count). The smallest absolute Gasteiger partial charge is 0.179 e. The molecule has 0 fully saturated rings. The summed E-state index contributed by atoms with van der Waals surface area (Å²) in [5.74, 6) is -0.00191. The molecule has 0 bridgehead atoms. The quantitative estimate of drug-likeness (QED) is 0.103. The fraction of sp³-hybridized carbons (Fsp3) is 0.463. The van der Waals surface area contributed by atoms with Crippen molar-refractivity contribution in [3.8, 4) is 0 Å². The third-order valence-electron chi connectivity index (χ3n) is 18.2. The van der Waals surface area contributed by atoms with Gasteiger partial charge in [-0.3, -0.25) is 0 Å². The van der Waals surface area contributed by atoms with Crippen LogP contribution in [0.15, 0.2) is 178 Å². The summed E-state index contributed by atoms with van der Waals surface area (Å²) in [5, 5.41) is 23.1. The highest BCUT2D eigenvalue weighted by Gasteiger charge is 2.51. The second-order valence-electron chi connectivity index (χ2n) is 22.7. The third-order valence-corrected chi connectivity index (χ3v) is 24.2. The van der Waals surface area contributed by atoms with E-state index in [9.17, 15) is 35.5 Å². The van der Waals surface area contributed by atoms with Gasteiger partial charge in [0.2, 0.25) is 0 Å². The molecule has 3 aliphatic rings. The molecule has 1 unspecified atom stereocenters. The van der Waals surface area contributed by atoms with Crippen LogP contribution in [0.3, 0.4) is 0 Å². The number of hydrogen-bond donors (Lipinski definition) is 2. The van der Waals surface area contributed by atoms with Crippen molar-refractivity contribution in [3.63, 3.8) is 0 Å². The van der Waals surface area contributed by atoms with Gasteiger partial charge in [-0.1, -0.05) is 233 Å². The van der Waals surface area contributed by atoms with Gasteiger partial charge in [0.1, 0.15) is 0 Å². The molecule has 11 heteroatoms. The van der Waals surface area contributed by atoms with Gasteiger partial charge in [-0.15, -0.1) is 0 Å². The Labute approximate surface area is 468 Å². The molecule has 0 radical (unpaired) electrons. The highest BCUT2D eigenvalue weighted by molar-refractivity contribution is 7.92. The number of hydrogen-bond acceptors (Lipinski definition) is 8. The van der Waals surface area contributed by atoms with Crippen molar-refractivity contribution in [3.05, 3.63) is 197 Å². The highest BCUT2D eigenvalue weighted by atomic mass is 32.2. The number of rotatable bonds is 15. The number of sulfone groups is 3.